The predicted molar refractivity (Wildman–Crippen MR) is 341 cm³/mol. The lowest BCUT2D eigenvalue weighted by Crippen LogP contribution is -2.27. The summed E-state index contributed by atoms with van der Waals surface area (Å²) in [5.41, 5.74) is 28.0. The van der Waals surface area contributed by atoms with Crippen molar-refractivity contribution in [3.8, 4) is 33.4 Å². The highest BCUT2D eigenvalue weighted by molar-refractivity contribution is 6.23. The molecule has 0 amide bonds. The van der Waals surface area contributed by atoms with Gasteiger partial charge in [-0.15, -0.1) is 0 Å². The van der Waals surface area contributed by atoms with Gasteiger partial charge in [0, 0.05) is 50.4 Å². The Morgan fingerprint density at radius 2 is 0.890 bits per heavy atom. The van der Waals surface area contributed by atoms with Crippen molar-refractivity contribution >= 4 is 66.8 Å². The number of anilines is 6. The van der Waals surface area contributed by atoms with Crippen LogP contribution in [0.5, 0.6) is 0 Å². The molecule has 2 atom stereocenters. The van der Waals surface area contributed by atoms with Gasteiger partial charge in [0.1, 0.15) is 11.2 Å². The van der Waals surface area contributed by atoms with Gasteiger partial charge < -0.3 is 14.2 Å². The monoisotopic (exact) mass is 1050 g/mol. The van der Waals surface area contributed by atoms with E-state index in [1.54, 1.807) is 0 Å². The van der Waals surface area contributed by atoms with Crippen LogP contribution in [0.2, 0.25) is 0 Å². The van der Waals surface area contributed by atoms with Crippen LogP contribution in [0.25, 0.3) is 66.1 Å². The lowest BCUT2D eigenvalue weighted by atomic mass is 9.70. The molecule has 3 nitrogen and oxygen atoms in total. The van der Waals surface area contributed by atoms with Gasteiger partial charge in [0.15, 0.2) is 0 Å². The molecule has 17 rings (SSSR count). The summed E-state index contributed by atoms with van der Waals surface area (Å²) >= 11 is 0. The lowest BCUT2D eigenvalue weighted by Gasteiger charge is -2.34. The van der Waals surface area contributed by atoms with Crippen molar-refractivity contribution in [2.75, 3.05) is 9.80 Å². The van der Waals surface area contributed by atoms with Gasteiger partial charge in [-0.3, -0.25) is 0 Å². The van der Waals surface area contributed by atoms with E-state index in [1.807, 2.05) is 0 Å². The number of para-hydroxylation sites is 1. The zero-order valence-corrected chi connectivity index (χ0v) is 47.1. The number of hydrogen-bond donors (Lipinski definition) is 0. The molecule has 3 heteroatoms. The van der Waals surface area contributed by atoms with E-state index in [0.717, 1.165) is 61.6 Å². The first kappa shape index (κ1) is 47.4. The van der Waals surface area contributed by atoms with E-state index in [1.165, 1.54) is 94.2 Å². The maximum Gasteiger partial charge on any atom is 0.145 e. The van der Waals surface area contributed by atoms with Gasteiger partial charge in [-0.2, -0.15) is 0 Å². The van der Waals surface area contributed by atoms with E-state index in [4.69, 9.17) is 4.42 Å². The molecule has 0 fully saturated rings. The molecular formula is C79H60N2O. The Morgan fingerprint density at radius 3 is 1.57 bits per heavy atom. The van der Waals surface area contributed by atoms with Crippen molar-refractivity contribution in [1.29, 1.82) is 0 Å². The third kappa shape index (κ3) is 6.21. The van der Waals surface area contributed by atoms with E-state index in [0.29, 0.717) is 11.8 Å². The fourth-order valence-corrected chi connectivity index (χ4v) is 16.0. The van der Waals surface area contributed by atoms with Gasteiger partial charge in [-0.05, 0) is 170 Å². The predicted octanol–water partition coefficient (Wildman–Crippen LogP) is 21.1. The smallest absolute Gasteiger partial charge is 0.145 e. The van der Waals surface area contributed by atoms with Gasteiger partial charge in [0.25, 0.3) is 0 Å². The first-order valence-electron chi connectivity index (χ1n) is 29.2. The molecule has 1 spiro atoms. The molecule has 11 aromatic carbocycles. The van der Waals surface area contributed by atoms with Gasteiger partial charge in [0.2, 0.25) is 0 Å². The number of allylic oxidation sites excluding steroid dienone is 4. The zero-order valence-electron chi connectivity index (χ0n) is 47.1. The number of benzene rings is 11. The van der Waals surface area contributed by atoms with Gasteiger partial charge in [-0.25, -0.2) is 0 Å². The summed E-state index contributed by atoms with van der Waals surface area (Å²) in [6, 6.07) is 83.3. The third-order valence-electron chi connectivity index (χ3n) is 19.9. The van der Waals surface area contributed by atoms with Crippen LogP contribution in [0.15, 0.2) is 247 Å². The maximum absolute atomic E-state index is 7.59. The maximum atomic E-state index is 7.59. The molecule has 1 aromatic heterocycles. The molecule has 12 aromatic rings. The summed E-state index contributed by atoms with van der Waals surface area (Å²) < 4.78 is 7.59. The summed E-state index contributed by atoms with van der Waals surface area (Å²) in [6.07, 6.45) is 9.32. The SMILES string of the molecule is Cc1ccc(N(c2ccc3c(c2)C(C)(C)C2C=CC=CC32)c2cc3c(c4ccccc24)-c2c(cc(N(c4ccc(C)cc4)c4ccc5c(c4)C(C)(C)c4ccccc4-5)c4c2oc2ccccc24)C32c3ccccc3-c3ccccc32)cc1. The minimum absolute atomic E-state index is 0.0672. The van der Waals surface area contributed by atoms with Crippen molar-refractivity contribution in [2.24, 2.45) is 5.92 Å². The van der Waals surface area contributed by atoms with Crippen molar-refractivity contribution in [3.63, 3.8) is 0 Å². The highest BCUT2D eigenvalue weighted by Crippen LogP contribution is 2.68. The molecule has 0 aliphatic heterocycles. The first-order chi connectivity index (χ1) is 40.0. The number of nitrogens with zero attached hydrogens (tertiary/aromatic N) is 2. The number of furan rings is 1. The van der Waals surface area contributed by atoms with E-state index in [9.17, 15) is 0 Å². The van der Waals surface area contributed by atoms with Crippen LogP contribution in [0.4, 0.5) is 34.1 Å². The van der Waals surface area contributed by atoms with E-state index >= 15 is 0 Å². The van der Waals surface area contributed by atoms with E-state index < -0.39 is 5.41 Å². The summed E-state index contributed by atoms with van der Waals surface area (Å²) in [5, 5.41) is 4.56. The third-order valence-corrected chi connectivity index (χ3v) is 19.9. The molecule has 5 aliphatic carbocycles. The Labute approximate surface area is 479 Å². The second kappa shape index (κ2) is 16.8. The molecule has 0 radical (unpaired) electrons. The summed E-state index contributed by atoms with van der Waals surface area (Å²) in [6.45, 7) is 14.0. The second-order valence-electron chi connectivity index (χ2n) is 24.9. The Balaban J connectivity index is 1.00. The van der Waals surface area contributed by atoms with Crippen LogP contribution in [-0.4, -0.2) is 0 Å². The largest absolute Gasteiger partial charge is 0.455 e. The van der Waals surface area contributed by atoms with Crippen molar-refractivity contribution < 1.29 is 4.42 Å². The van der Waals surface area contributed by atoms with Crippen molar-refractivity contribution in [1.82, 2.24) is 0 Å². The molecule has 82 heavy (non-hydrogen) atoms. The van der Waals surface area contributed by atoms with Crippen LogP contribution < -0.4 is 9.80 Å². The molecule has 1 heterocycles. The normalized spacial score (nSPS) is 17.3. The number of fused-ring (bicyclic) bond motifs is 22. The van der Waals surface area contributed by atoms with Crippen LogP contribution >= 0.6 is 0 Å². The highest BCUT2D eigenvalue weighted by atomic mass is 16.3. The van der Waals surface area contributed by atoms with Crippen LogP contribution in [0.3, 0.4) is 0 Å². The average molecular weight is 1050 g/mol. The van der Waals surface area contributed by atoms with Crippen molar-refractivity contribution in [3.05, 3.63) is 298 Å². The topological polar surface area (TPSA) is 19.6 Å². The van der Waals surface area contributed by atoms with Crippen LogP contribution in [-0.2, 0) is 16.2 Å². The second-order valence-corrected chi connectivity index (χ2v) is 24.9. The average Bonchev–Trinajstić information content (AvgIpc) is 1.95. The first-order valence-corrected chi connectivity index (χ1v) is 29.2. The summed E-state index contributed by atoms with van der Waals surface area (Å²) in [4.78, 5) is 5.09. The van der Waals surface area contributed by atoms with Gasteiger partial charge in [-0.1, -0.05) is 215 Å². The molecule has 0 N–H and O–H groups in total. The Morgan fingerprint density at radius 1 is 0.390 bits per heavy atom. The Kier molecular flexibility index (Phi) is 9.72. The Hall–Kier alpha value is -9.44. The van der Waals surface area contributed by atoms with Crippen molar-refractivity contribution in [2.45, 2.75) is 63.7 Å². The van der Waals surface area contributed by atoms with Crippen LogP contribution in [0.1, 0.15) is 89.2 Å². The molecule has 5 aliphatic rings. The van der Waals surface area contributed by atoms with E-state index in [-0.39, 0.29) is 10.8 Å². The number of rotatable bonds is 6. The summed E-state index contributed by atoms with van der Waals surface area (Å²) in [7, 11) is 0. The minimum Gasteiger partial charge on any atom is -0.455 e. The van der Waals surface area contributed by atoms with E-state index in [2.05, 4.69) is 294 Å². The zero-order chi connectivity index (χ0) is 55.0. The molecule has 2 unspecified atom stereocenters. The van der Waals surface area contributed by atoms with Gasteiger partial charge in [0.05, 0.1) is 22.2 Å². The van der Waals surface area contributed by atoms with Crippen LogP contribution in [0, 0.1) is 19.8 Å². The highest BCUT2D eigenvalue weighted by Gasteiger charge is 2.54. The fraction of sp³-hybridized carbons (Fsp3) is 0.139. The quantitative estimate of drug-likeness (QED) is 0.165. The molecular weight excluding hydrogens is 993 g/mol. The molecule has 392 valence electrons. The minimum atomic E-state index is -0.758. The standard InChI is InChI=1S/C79H60N2O/c1-47-31-35-49(36-32-47)80(51-39-41-57-53-19-9-14-26-62(53)77(3,4)66(57)43-51)70-45-68-73(60-24-8-7-23-59(60)70)75-69(79(68)64-28-16-11-21-55(64)56-22-12-17-29-65(56)79)46-71(74-61-25-13-18-30-72(61)82-76(74)75)81(50-37-33-48(2)34-38-50)52-40-42-58-54-20-10-15-27-63(54)78(5,6)67(58)44-52/h7-46,53,62H,1-6H3. The Bertz CT molecular complexity index is 4750. The lowest BCUT2D eigenvalue weighted by molar-refractivity contribution is 0.394. The van der Waals surface area contributed by atoms with Gasteiger partial charge >= 0.3 is 0 Å². The number of aryl methyl sites for hydroxylation is 2. The molecule has 0 bridgehead atoms. The molecule has 0 saturated carbocycles. The fourth-order valence-electron chi connectivity index (χ4n) is 16.0. The summed E-state index contributed by atoms with van der Waals surface area (Å²) in [5.74, 6) is 0.748. The molecule has 0 saturated heterocycles. The number of hydrogen-bond acceptors (Lipinski definition) is 3.